The summed E-state index contributed by atoms with van der Waals surface area (Å²) in [5, 5.41) is 4.31. The van der Waals surface area contributed by atoms with Crippen molar-refractivity contribution in [1.29, 1.82) is 0 Å². The predicted octanol–water partition coefficient (Wildman–Crippen LogP) is 2.84. The zero-order valence-electron chi connectivity index (χ0n) is 10.9. The van der Waals surface area contributed by atoms with E-state index in [1.165, 1.54) is 12.0 Å². The number of benzene rings is 1. The van der Waals surface area contributed by atoms with Crippen LogP contribution in [-0.2, 0) is 11.3 Å². The van der Waals surface area contributed by atoms with Gasteiger partial charge in [-0.05, 0) is 18.4 Å². The molecule has 2 aromatic rings. The normalized spacial score (nSPS) is 19.3. The molecule has 100 valence electrons. The van der Waals surface area contributed by atoms with Crippen molar-refractivity contribution < 1.29 is 9.47 Å². The zero-order valence-corrected chi connectivity index (χ0v) is 10.9. The van der Waals surface area contributed by atoms with E-state index >= 15 is 0 Å². The summed E-state index contributed by atoms with van der Waals surface area (Å²) in [7, 11) is 0. The van der Waals surface area contributed by atoms with E-state index in [-0.39, 0.29) is 6.29 Å². The maximum atomic E-state index is 5.77. The zero-order chi connectivity index (χ0) is 12.9. The molecule has 0 N–H and O–H groups in total. The molecule has 0 amide bonds. The first-order chi connectivity index (χ1) is 9.40. The van der Waals surface area contributed by atoms with Crippen molar-refractivity contribution in [3.05, 3.63) is 48.3 Å². The van der Waals surface area contributed by atoms with Gasteiger partial charge >= 0.3 is 0 Å². The molecule has 0 aliphatic carbocycles. The monoisotopic (exact) mass is 258 g/mol. The summed E-state index contributed by atoms with van der Waals surface area (Å²) in [5.41, 5.74) is 1.23. The standard InChI is InChI=1S/C15H18N2O2/c1-2-6-13(7-3-1)11-17-12-14(10-16-17)19-15-8-4-5-9-18-15/h1-3,6-7,10,12,15H,4-5,8-9,11H2. The van der Waals surface area contributed by atoms with Gasteiger partial charge in [0.2, 0.25) is 0 Å². The third kappa shape index (κ3) is 3.35. The number of hydrogen-bond donors (Lipinski definition) is 0. The van der Waals surface area contributed by atoms with Crippen molar-refractivity contribution in [2.45, 2.75) is 32.1 Å². The van der Waals surface area contributed by atoms with Crippen LogP contribution in [0.25, 0.3) is 0 Å². The maximum absolute atomic E-state index is 5.77. The van der Waals surface area contributed by atoms with E-state index in [4.69, 9.17) is 9.47 Å². The van der Waals surface area contributed by atoms with Gasteiger partial charge in [0, 0.05) is 6.42 Å². The van der Waals surface area contributed by atoms with Crippen molar-refractivity contribution in [2.75, 3.05) is 6.61 Å². The minimum atomic E-state index is -0.108. The van der Waals surface area contributed by atoms with Gasteiger partial charge in [0.05, 0.1) is 25.5 Å². The predicted molar refractivity (Wildman–Crippen MR) is 72.0 cm³/mol. The van der Waals surface area contributed by atoms with Crippen LogP contribution in [0.2, 0.25) is 0 Å². The van der Waals surface area contributed by atoms with Crippen molar-refractivity contribution in [1.82, 2.24) is 9.78 Å². The maximum Gasteiger partial charge on any atom is 0.199 e. The van der Waals surface area contributed by atoms with Gasteiger partial charge in [0.25, 0.3) is 0 Å². The molecule has 1 aliphatic heterocycles. The van der Waals surface area contributed by atoms with Crippen LogP contribution in [0.5, 0.6) is 5.75 Å². The summed E-state index contributed by atoms with van der Waals surface area (Å²) in [6, 6.07) is 10.3. The highest BCUT2D eigenvalue weighted by molar-refractivity contribution is 5.17. The van der Waals surface area contributed by atoms with E-state index in [0.29, 0.717) is 0 Å². The smallest absolute Gasteiger partial charge is 0.199 e. The van der Waals surface area contributed by atoms with E-state index in [0.717, 1.165) is 31.7 Å². The SMILES string of the molecule is c1ccc(Cn2cc(OC3CCCCO3)cn2)cc1. The van der Waals surface area contributed by atoms with Gasteiger partial charge < -0.3 is 9.47 Å². The second-order valence-corrected chi connectivity index (χ2v) is 4.77. The van der Waals surface area contributed by atoms with Crippen LogP contribution in [0.3, 0.4) is 0 Å². The first-order valence-corrected chi connectivity index (χ1v) is 6.75. The Balaban J connectivity index is 1.59. The summed E-state index contributed by atoms with van der Waals surface area (Å²) >= 11 is 0. The van der Waals surface area contributed by atoms with E-state index in [2.05, 4.69) is 17.2 Å². The van der Waals surface area contributed by atoms with Gasteiger partial charge in [-0.25, -0.2) is 0 Å². The van der Waals surface area contributed by atoms with Gasteiger partial charge in [-0.1, -0.05) is 30.3 Å². The van der Waals surface area contributed by atoms with Crippen molar-refractivity contribution in [2.24, 2.45) is 0 Å². The van der Waals surface area contributed by atoms with E-state index in [1.807, 2.05) is 29.1 Å². The van der Waals surface area contributed by atoms with Gasteiger partial charge in [0.15, 0.2) is 12.0 Å². The lowest BCUT2D eigenvalue weighted by Crippen LogP contribution is -2.24. The lowest BCUT2D eigenvalue weighted by atomic mass is 10.2. The van der Waals surface area contributed by atoms with Crippen LogP contribution in [0.4, 0.5) is 0 Å². The molecular formula is C15H18N2O2. The number of hydrogen-bond acceptors (Lipinski definition) is 3. The molecule has 0 radical (unpaired) electrons. The minimum Gasteiger partial charge on any atom is -0.462 e. The van der Waals surface area contributed by atoms with Crippen molar-refractivity contribution in [3.8, 4) is 5.75 Å². The van der Waals surface area contributed by atoms with Crippen LogP contribution in [0, 0.1) is 0 Å². The Morgan fingerprint density at radius 3 is 2.95 bits per heavy atom. The third-order valence-corrected chi connectivity index (χ3v) is 3.20. The van der Waals surface area contributed by atoms with Gasteiger partial charge in [-0.2, -0.15) is 5.10 Å². The lowest BCUT2D eigenvalue weighted by Gasteiger charge is -2.22. The molecule has 1 fully saturated rings. The molecular weight excluding hydrogens is 240 g/mol. The molecule has 19 heavy (non-hydrogen) atoms. The average Bonchev–Trinajstić information content (AvgIpc) is 2.88. The lowest BCUT2D eigenvalue weighted by molar-refractivity contribution is -0.105. The molecule has 0 saturated carbocycles. The van der Waals surface area contributed by atoms with Crippen molar-refractivity contribution in [3.63, 3.8) is 0 Å². The highest BCUT2D eigenvalue weighted by Gasteiger charge is 2.15. The van der Waals surface area contributed by atoms with Gasteiger partial charge in [-0.15, -0.1) is 0 Å². The molecule has 1 aromatic carbocycles. The Bertz CT molecular complexity index is 504. The molecule has 4 heteroatoms. The van der Waals surface area contributed by atoms with Gasteiger partial charge in [0.1, 0.15) is 0 Å². The summed E-state index contributed by atoms with van der Waals surface area (Å²) in [4.78, 5) is 0. The third-order valence-electron chi connectivity index (χ3n) is 3.20. The second kappa shape index (κ2) is 5.89. The summed E-state index contributed by atoms with van der Waals surface area (Å²) in [5.74, 6) is 0.780. The highest BCUT2D eigenvalue weighted by atomic mass is 16.7. The van der Waals surface area contributed by atoms with Crippen LogP contribution in [0.15, 0.2) is 42.7 Å². The molecule has 1 atom stereocenters. The summed E-state index contributed by atoms with van der Waals surface area (Å²) < 4.78 is 13.2. The Kier molecular flexibility index (Phi) is 3.79. The number of aromatic nitrogens is 2. The fraction of sp³-hybridized carbons (Fsp3) is 0.400. The Morgan fingerprint density at radius 1 is 1.26 bits per heavy atom. The summed E-state index contributed by atoms with van der Waals surface area (Å²) in [6.45, 7) is 1.55. The molecule has 1 aliphatic rings. The van der Waals surface area contributed by atoms with E-state index in [9.17, 15) is 0 Å². The summed E-state index contributed by atoms with van der Waals surface area (Å²) in [6.07, 6.45) is 6.83. The highest BCUT2D eigenvalue weighted by Crippen LogP contribution is 2.18. The molecule has 0 bridgehead atoms. The van der Waals surface area contributed by atoms with Crippen LogP contribution in [-0.4, -0.2) is 22.7 Å². The van der Waals surface area contributed by atoms with E-state index in [1.54, 1.807) is 6.20 Å². The first kappa shape index (κ1) is 12.2. The van der Waals surface area contributed by atoms with Crippen LogP contribution in [0.1, 0.15) is 24.8 Å². The molecule has 4 nitrogen and oxygen atoms in total. The Hall–Kier alpha value is -1.81. The average molecular weight is 258 g/mol. The Morgan fingerprint density at radius 2 is 2.16 bits per heavy atom. The number of rotatable bonds is 4. The van der Waals surface area contributed by atoms with Crippen molar-refractivity contribution >= 4 is 0 Å². The van der Waals surface area contributed by atoms with Crippen LogP contribution < -0.4 is 4.74 Å². The second-order valence-electron chi connectivity index (χ2n) is 4.77. The molecule has 2 heterocycles. The quantitative estimate of drug-likeness (QED) is 0.846. The molecule has 1 saturated heterocycles. The topological polar surface area (TPSA) is 36.3 Å². The first-order valence-electron chi connectivity index (χ1n) is 6.75. The largest absolute Gasteiger partial charge is 0.462 e. The molecule has 1 unspecified atom stereocenters. The number of ether oxygens (including phenoxy) is 2. The van der Waals surface area contributed by atoms with Gasteiger partial charge in [-0.3, -0.25) is 4.68 Å². The molecule has 1 aromatic heterocycles. The minimum absolute atomic E-state index is 0.108. The van der Waals surface area contributed by atoms with Crippen LogP contribution >= 0.6 is 0 Å². The molecule has 3 rings (SSSR count). The Labute approximate surface area is 113 Å². The fourth-order valence-corrected chi connectivity index (χ4v) is 2.22. The molecule has 0 spiro atoms. The fourth-order valence-electron chi connectivity index (χ4n) is 2.22. The van der Waals surface area contributed by atoms with E-state index < -0.39 is 0 Å². The number of nitrogens with zero attached hydrogens (tertiary/aromatic N) is 2.